The summed E-state index contributed by atoms with van der Waals surface area (Å²) in [6, 6.07) is 26.4. The number of aliphatic carboxylic acids is 1. The standard InChI is InChI=1S/C28H22N2O2/c1-30(25(28(31)32)15-20-16-29-23-8-3-2-7-21(20)23)24-14-12-19-10-9-17-5-4-6-18-11-13-22(24)27(19)26(17)18/h2-14,16,25,29H,15H2,1H3,(H,31,32)/t25-/m0/s1. The number of H-pyrrole nitrogens is 1. The van der Waals surface area contributed by atoms with Gasteiger partial charge in [-0.1, -0.05) is 66.7 Å². The SMILES string of the molecule is CN(c1ccc2ccc3cccc4ccc1c2c34)[C@@H](Cc1c[nH]c2ccccc12)C(=O)O. The topological polar surface area (TPSA) is 56.3 Å². The van der Waals surface area contributed by atoms with E-state index in [0.717, 1.165) is 27.5 Å². The quantitative estimate of drug-likeness (QED) is 0.328. The number of aromatic amines is 1. The van der Waals surface area contributed by atoms with Crippen molar-refractivity contribution >= 4 is 54.9 Å². The van der Waals surface area contributed by atoms with E-state index in [0.29, 0.717) is 6.42 Å². The lowest BCUT2D eigenvalue weighted by Gasteiger charge is -2.28. The predicted octanol–water partition coefficient (Wildman–Crippen LogP) is 6.20. The van der Waals surface area contributed by atoms with Gasteiger partial charge in [0.1, 0.15) is 6.04 Å². The van der Waals surface area contributed by atoms with Crippen molar-refractivity contribution < 1.29 is 9.90 Å². The molecule has 0 radical (unpaired) electrons. The Balaban J connectivity index is 1.49. The van der Waals surface area contributed by atoms with Crippen LogP contribution >= 0.6 is 0 Å². The van der Waals surface area contributed by atoms with Gasteiger partial charge in [0, 0.05) is 41.6 Å². The summed E-state index contributed by atoms with van der Waals surface area (Å²) in [5.41, 5.74) is 2.97. The van der Waals surface area contributed by atoms with Crippen LogP contribution in [0.15, 0.2) is 85.1 Å². The third kappa shape index (κ3) is 2.73. The van der Waals surface area contributed by atoms with Crippen LogP contribution in [-0.2, 0) is 11.2 Å². The summed E-state index contributed by atoms with van der Waals surface area (Å²) in [7, 11) is 1.89. The van der Waals surface area contributed by atoms with Crippen LogP contribution in [0.2, 0.25) is 0 Å². The highest BCUT2D eigenvalue weighted by molar-refractivity contribution is 6.25. The number of carboxylic acids is 1. The molecule has 1 heterocycles. The number of rotatable bonds is 5. The fourth-order valence-electron chi connectivity index (χ4n) is 5.09. The molecule has 6 aromatic rings. The van der Waals surface area contributed by atoms with Crippen LogP contribution in [0.1, 0.15) is 5.56 Å². The molecular weight excluding hydrogens is 396 g/mol. The van der Waals surface area contributed by atoms with E-state index in [-0.39, 0.29) is 0 Å². The monoisotopic (exact) mass is 418 g/mol. The van der Waals surface area contributed by atoms with Crippen LogP contribution in [0.25, 0.3) is 43.2 Å². The summed E-state index contributed by atoms with van der Waals surface area (Å²) < 4.78 is 0. The Labute approximate surface area is 185 Å². The minimum atomic E-state index is -0.830. The van der Waals surface area contributed by atoms with E-state index in [4.69, 9.17) is 0 Å². The normalized spacial score (nSPS) is 12.8. The van der Waals surface area contributed by atoms with E-state index in [9.17, 15) is 9.90 Å². The fourth-order valence-corrected chi connectivity index (χ4v) is 5.09. The van der Waals surface area contributed by atoms with Crippen molar-refractivity contribution in [1.29, 1.82) is 0 Å². The van der Waals surface area contributed by atoms with E-state index in [1.165, 1.54) is 26.9 Å². The molecular formula is C28H22N2O2. The number of para-hydroxylation sites is 1. The second-order valence-electron chi connectivity index (χ2n) is 8.47. The van der Waals surface area contributed by atoms with E-state index < -0.39 is 12.0 Å². The average Bonchev–Trinajstić information content (AvgIpc) is 3.23. The molecule has 0 spiro atoms. The first-order valence-corrected chi connectivity index (χ1v) is 10.8. The van der Waals surface area contributed by atoms with Gasteiger partial charge >= 0.3 is 5.97 Å². The molecule has 6 rings (SSSR count). The number of benzene rings is 5. The molecule has 1 atom stereocenters. The zero-order valence-corrected chi connectivity index (χ0v) is 17.7. The Morgan fingerprint density at radius 2 is 1.53 bits per heavy atom. The van der Waals surface area contributed by atoms with E-state index in [1.54, 1.807) is 0 Å². The van der Waals surface area contributed by atoms with Crippen molar-refractivity contribution in [2.24, 2.45) is 0 Å². The largest absolute Gasteiger partial charge is 0.480 e. The first-order chi connectivity index (χ1) is 15.6. The molecule has 32 heavy (non-hydrogen) atoms. The molecule has 0 bridgehead atoms. The van der Waals surface area contributed by atoms with Crippen LogP contribution in [0, 0.1) is 0 Å². The molecule has 4 heteroatoms. The number of likely N-dealkylation sites (N-methyl/N-ethyl adjacent to an activating group) is 1. The molecule has 4 nitrogen and oxygen atoms in total. The van der Waals surface area contributed by atoms with Gasteiger partial charge in [-0.3, -0.25) is 0 Å². The minimum absolute atomic E-state index is 0.415. The number of fused-ring (bicyclic) bond motifs is 1. The van der Waals surface area contributed by atoms with Crippen molar-refractivity contribution in [3.8, 4) is 0 Å². The lowest BCUT2D eigenvalue weighted by atomic mass is 9.93. The second-order valence-corrected chi connectivity index (χ2v) is 8.47. The maximum absolute atomic E-state index is 12.4. The summed E-state index contributed by atoms with van der Waals surface area (Å²) in [6.45, 7) is 0. The number of hydrogen-bond donors (Lipinski definition) is 2. The van der Waals surface area contributed by atoms with Crippen LogP contribution in [0.5, 0.6) is 0 Å². The highest BCUT2D eigenvalue weighted by Gasteiger charge is 2.26. The number of nitrogens with one attached hydrogen (secondary N) is 1. The van der Waals surface area contributed by atoms with Crippen LogP contribution in [0.3, 0.4) is 0 Å². The van der Waals surface area contributed by atoms with Crippen molar-refractivity contribution in [1.82, 2.24) is 4.98 Å². The first kappa shape index (κ1) is 18.7. The maximum atomic E-state index is 12.4. The highest BCUT2D eigenvalue weighted by atomic mass is 16.4. The molecule has 1 aromatic heterocycles. The fraction of sp³-hybridized carbons (Fsp3) is 0.107. The summed E-state index contributed by atoms with van der Waals surface area (Å²) >= 11 is 0. The van der Waals surface area contributed by atoms with Gasteiger partial charge in [0.05, 0.1) is 0 Å². The van der Waals surface area contributed by atoms with Crippen molar-refractivity contribution in [3.63, 3.8) is 0 Å². The Bertz CT molecular complexity index is 1600. The molecule has 5 aromatic carbocycles. The predicted molar refractivity (Wildman–Crippen MR) is 132 cm³/mol. The molecule has 0 aliphatic rings. The van der Waals surface area contributed by atoms with Gasteiger partial charge in [0.2, 0.25) is 0 Å². The Morgan fingerprint density at radius 3 is 2.31 bits per heavy atom. The van der Waals surface area contributed by atoms with E-state index in [1.807, 2.05) is 48.5 Å². The second kappa shape index (κ2) is 6.99. The number of aromatic nitrogens is 1. The molecule has 0 aliphatic carbocycles. The summed E-state index contributed by atoms with van der Waals surface area (Å²) in [5, 5.41) is 18.3. The highest BCUT2D eigenvalue weighted by Crippen LogP contribution is 2.39. The number of hydrogen-bond acceptors (Lipinski definition) is 2. The average molecular weight is 418 g/mol. The molecule has 0 unspecified atom stereocenters. The third-order valence-electron chi connectivity index (χ3n) is 6.73. The van der Waals surface area contributed by atoms with Gasteiger partial charge in [0.25, 0.3) is 0 Å². The zero-order chi connectivity index (χ0) is 21.8. The van der Waals surface area contributed by atoms with Gasteiger partial charge in [-0.15, -0.1) is 0 Å². The van der Waals surface area contributed by atoms with Gasteiger partial charge in [-0.25, -0.2) is 4.79 Å². The summed E-state index contributed by atoms with van der Waals surface area (Å²) in [4.78, 5) is 17.6. The van der Waals surface area contributed by atoms with Crippen LogP contribution in [0.4, 0.5) is 5.69 Å². The Hall–Kier alpha value is -4.05. The third-order valence-corrected chi connectivity index (χ3v) is 6.73. The molecule has 0 aliphatic heterocycles. The summed E-state index contributed by atoms with van der Waals surface area (Å²) in [5.74, 6) is -0.830. The minimum Gasteiger partial charge on any atom is -0.480 e. The van der Waals surface area contributed by atoms with Crippen molar-refractivity contribution in [3.05, 3.63) is 90.6 Å². The number of anilines is 1. The first-order valence-electron chi connectivity index (χ1n) is 10.8. The zero-order valence-electron chi connectivity index (χ0n) is 17.7. The molecule has 0 fully saturated rings. The lowest BCUT2D eigenvalue weighted by Crippen LogP contribution is -2.40. The maximum Gasteiger partial charge on any atom is 0.326 e. The number of carbonyl (C=O) groups is 1. The molecule has 156 valence electrons. The molecule has 2 N–H and O–H groups in total. The summed E-state index contributed by atoms with van der Waals surface area (Å²) in [6.07, 6.45) is 2.34. The number of nitrogens with zero attached hydrogens (tertiary/aromatic N) is 1. The van der Waals surface area contributed by atoms with Crippen molar-refractivity contribution in [2.75, 3.05) is 11.9 Å². The number of carboxylic acid groups (broad SMARTS) is 1. The van der Waals surface area contributed by atoms with Gasteiger partial charge < -0.3 is 15.0 Å². The van der Waals surface area contributed by atoms with Crippen LogP contribution < -0.4 is 4.90 Å². The molecule has 0 saturated carbocycles. The molecule has 0 saturated heterocycles. The van der Waals surface area contributed by atoms with Gasteiger partial charge in [-0.2, -0.15) is 0 Å². The van der Waals surface area contributed by atoms with Crippen molar-refractivity contribution in [2.45, 2.75) is 12.5 Å². The molecule has 0 amide bonds. The van der Waals surface area contributed by atoms with E-state index in [2.05, 4.69) is 53.5 Å². The van der Waals surface area contributed by atoms with Gasteiger partial charge in [0.15, 0.2) is 0 Å². The lowest BCUT2D eigenvalue weighted by molar-refractivity contribution is -0.138. The van der Waals surface area contributed by atoms with Gasteiger partial charge in [-0.05, 0) is 44.6 Å². The smallest absolute Gasteiger partial charge is 0.326 e. The van der Waals surface area contributed by atoms with Crippen LogP contribution in [-0.4, -0.2) is 29.1 Å². The Kier molecular flexibility index (Phi) is 4.08. The van der Waals surface area contributed by atoms with E-state index >= 15 is 0 Å². The Morgan fingerprint density at radius 1 is 0.844 bits per heavy atom.